The Bertz CT molecular complexity index is 1330. The fourth-order valence-corrected chi connectivity index (χ4v) is 6.71. The number of unbranched alkanes of at least 4 members (excludes halogenated alkanes) is 15. The lowest BCUT2D eigenvalue weighted by Crippen LogP contribution is -2.46. The van der Waals surface area contributed by atoms with Crippen LogP contribution in [0.4, 0.5) is 0 Å². The molecule has 0 heterocycles. The molecule has 6 heteroatoms. The van der Waals surface area contributed by atoms with Gasteiger partial charge in [-0.3, -0.25) is 9.59 Å². The lowest BCUT2D eigenvalue weighted by Gasteiger charge is -2.24. The summed E-state index contributed by atoms with van der Waals surface area (Å²) in [5, 5.41) is 23.6. The van der Waals surface area contributed by atoms with Gasteiger partial charge >= 0.3 is 5.97 Å². The van der Waals surface area contributed by atoms with Gasteiger partial charge < -0.3 is 20.3 Å². The van der Waals surface area contributed by atoms with Crippen LogP contribution < -0.4 is 5.32 Å². The summed E-state index contributed by atoms with van der Waals surface area (Å²) in [7, 11) is 0. The second kappa shape index (κ2) is 48.3. The molecule has 0 bridgehead atoms. The van der Waals surface area contributed by atoms with E-state index in [1.807, 2.05) is 54.7 Å². The largest absolute Gasteiger partial charge is 0.461 e. The Hall–Kier alpha value is -3.74. The second-order valence-electron chi connectivity index (χ2n) is 16.2. The first kappa shape index (κ1) is 58.3. The van der Waals surface area contributed by atoms with Crippen LogP contribution in [0.3, 0.4) is 0 Å². The molecule has 0 saturated heterocycles. The van der Waals surface area contributed by atoms with Crippen LogP contribution in [-0.4, -0.2) is 46.9 Å². The monoisotopic (exact) mass is 858 g/mol. The molecule has 0 fully saturated rings. The van der Waals surface area contributed by atoms with Gasteiger partial charge in [0.15, 0.2) is 0 Å². The van der Waals surface area contributed by atoms with Crippen molar-refractivity contribution in [3.05, 3.63) is 122 Å². The lowest BCUT2D eigenvalue weighted by molar-refractivity contribution is -0.150. The highest BCUT2D eigenvalue weighted by Gasteiger charge is 2.23. The average molecular weight is 858 g/mol. The molecule has 0 aromatic rings. The number of nitrogens with one attached hydrogen (secondary N) is 1. The molecule has 0 radical (unpaired) electrons. The SMILES string of the molecule is CC/C=C\C/C=C\C/C=C\C/C=C\C/C=C\CCCCCC(=O)OC(C/C=C/C=C\C=C/C=C/C=C/CC)CC(=O)NC(CO)C(O)CCCCCCCCCCCCCCC. The second-order valence-corrected chi connectivity index (χ2v) is 16.2. The third kappa shape index (κ3) is 42.9. The highest BCUT2D eigenvalue weighted by atomic mass is 16.5. The van der Waals surface area contributed by atoms with E-state index in [1.165, 1.54) is 64.2 Å². The standard InChI is InChI=1S/C56H91NO5/c1-4-7-10-13-16-19-22-24-25-26-27-28-29-31-34-37-40-43-46-49-56(61)62-52(47-44-41-38-35-32-21-18-15-12-9-6-3)50-55(60)57-53(51-58)54(59)48-45-42-39-36-33-30-23-20-17-14-11-8-5-2/h7,9-10,12,15-16,18-19,21,24-25,27-28,31-32,34-35,38,41,44,52-54,58-59H,4-6,8,11,13-14,17,20,22-23,26,29-30,33,36-37,39-40,42-43,45-51H2,1-3H3,(H,57,60)/b10-7-,12-9+,18-15+,19-16-,25-24-,28-27-,32-21-,34-31-,38-35-,44-41+. The molecule has 3 unspecified atom stereocenters. The maximum Gasteiger partial charge on any atom is 0.306 e. The van der Waals surface area contributed by atoms with Gasteiger partial charge in [0, 0.05) is 12.8 Å². The van der Waals surface area contributed by atoms with Crippen molar-refractivity contribution < 1.29 is 24.5 Å². The molecule has 0 rings (SSSR count). The van der Waals surface area contributed by atoms with Crippen molar-refractivity contribution in [1.82, 2.24) is 5.32 Å². The number of ether oxygens (including phenoxy) is 1. The quantitative estimate of drug-likeness (QED) is 0.0246. The molecular weight excluding hydrogens is 767 g/mol. The zero-order valence-electron chi connectivity index (χ0n) is 39.7. The van der Waals surface area contributed by atoms with Crippen LogP contribution in [0.25, 0.3) is 0 Å². The molecule has 0 aromatic heterocycles. The van der Waals surface area contributed by atoms with Gasteiger partial charge in [0.05, 0.1) is 25.2 Å². The van der Waals surface area contributed by atoms with Crippen molar-refractivity contribution in [2.24, 2.45) is 0 Å². The van der Waals surface area contributed by atoms with E-state index in [-0.39, 0.29) is 24.9 Å². The number of hydrogen-bond acceptors (Lipinski definition) is 5. The topological polar surface area (TPSA) is 95.9 Å². The maximum absolute atomic E-state index is 13.1. The molecule has 6 nitrogen and oxygen atoms in total. The molecule has 3 atom stereocenters. The van der Waals surface area contributed by atoms with Crippen molar-refractivity contribution in [2.45, 2.75) is 212 Å². The van der Waals surface area contributed by atoms with E-state index >= 15 is 0 Å². The molecule has 0 saturated carbocycles. The number of hydrogen-bond donors (Lipinski definition) is 3. The number of esters is 1. The van der Waals surface area contributed by atoms with Crippen LogP contribution in [0.2, 0.25) is 0 Å². The molecule has 62 heavy (non-hydrogen) atoms. The molecule has 1 amide bonds. The van der Waals surface area contributed by atoms with Crippen molar-refractivity contribution in [1.29, 1.82) is 0 Å². The van der Waals surface area contributed by atoms with Crippen molar-refractivity contribution in [3.8, 4) is 0 Å². The van der Waals surface area contributed by atoms with Crippen LogP contribution in [-0.2, 0) is 14.3 Å². The van der Waals surface area contributed by atoms with Crippen LogP contribution in [0, 0.1) is 0 Å². The summed E-state index contributed by atoms with van der Waals surface area (Å²) < 4.78 is 5.82. The zero-order valence-corrected chi connectivity index (χ0v) is 39.7. The molecule has 0 aliphatic rings. The minimum absolute atomic E-state index is 0.0399. The van der Waals surface area contributed by atoms with Crippen LogP contribution in [0.1, 0.15) is 194 Å². The first-order valence-electron chi connectivity index (χ1n) is 24.8. The average Bonchev–Trinajstić information content (AvgIpc) is 3.26. The molecule has 3 N–H and O–H groups in total. The number of allylic oxidation sites excluding steroid dienone is 19. The van der Waals surface area contributed by atoms with E-state index in [1.54, 1.807) is 0 Å². The molecule has 0 aliphatic heterocycles. The number of rotatable bonds is 42. The van der Waals surface area contributed by atoms with E-state index in [9.17, 15) is 19.8 Å². The Labute approximate surface area is 380 Å². The van der Waals surface area contributed by atoms with Gasteiger partial charge in [-0.25, -0.2) is 0 Å². The number of amides is 1. The number of carbonyl (C=O) groups is 2. The Morgan fingerprint density at radius 1 is 0.516 bits per heavy atom. The Morgan fingerprint density at radius 3 is 1.48 bits per heavy atom. The minimum atomic E-state index is -0.831. The summed E-state index contributed by atoms with van der Waals surface area (Å²) in [5.41, 5.74) is 0. The predicted octanol–water partition coefficient (Wildman–Crippen LogP) is 14.9. The first-order valence-corrected chi connectivity index (χ1v) is 24.8. The number of aliphatic hydroxyl groups is 2. The normalized spacial score (nSPS) is 14.3. The first-order chi connectivity index (χ1) is 30.5. The van der Waals surface area contributed by atoms with Gasteiger partial charge in [0.25, 0.3) is 0 Å². The van der Waals surface area contributed by atoms with Gasteiger partial charge in [-0.1, -0.05) is 232 Å². The summed E-state index contributed by atoms with van der Waals surface area (Å²) in [6.45, 7) is 6.16. The number of aliphatic hydroxyl groups excluding tert-OH is 2. The van der Waals surface area contributed by atoms with Gasteiger partial charge in [-0.05, 0) is 64.2 Å². The van der Waals surface area contributed by atoms with Gasteiger partial charge in [0.1, 0.15) is 6.10 Å². The van der Waals surface area contributed by atoms with Crippen molar-refractivity contribution in [3.63, 3.8) is 0 Å². The van der Waals surface area contributed by atoms with Crippen LogP contribution in [0.5, 0.6) is 0 Å². The van der Waals surface area contributed by atoms with E-state index in [0.717, 1.165) is 83.5 Å². The molecule has 0 aliphatic carbocycles. The van der Waals surface area contributed by atoms with E-state index in [2.05, 4.69) is 92.9 Å². The van der Waals surface area contributed by atoms with Gasteiger partial charge in [-0.2, -0.15) is 0 Å². The third-order valence-electron chi connectivity index (χ3n) is 10.4. The summed E-state index contributed by atoms with van der Waals surface area (Å²) in [6, 6.07) is -0.754. The summed E-state index contributed by atoms with van der Waals surface area (Å²) >= 11 is 0. The minimum Gasteiger partial charge on any atom is -0.461 e. The zero-order chi connectivity index (χ0) is 45.2. The Balaban J connectivity index is 4.73. The third-order valence-corrected chi connectivity index (χ3v) is 10.4. The Kier molecular flexibility index (Phi) is 45.4. The van der Waals surface area contributed by atoms with E-state index in [0.29, 0.717) is 19.3 Å². The fraction of sp³-hybridized carbons (Fsp3) is 0.607. The lowest BCUT2D eigenvalue weighted by atomic mass is 10.0. The molecule has 0 aromatic carbocycles. The highest BCUT2D eigenvalue weighted by molar-refractivity contribution is 5.77. The maximum atomic E-state index is 13.1. The molecular formula is C56H91NO5. The fourth-order valence-electron chi connectivity index (χ4n) is 6.71. The van der Waals surface area contributed by atoms with Gasteiger partial charge in [-0.15, -0.1) is 0 Å². The van der Waals surface area contributed by atoms with Crippen molar-refractivity contribution >= 4 is 11.9 Å². The van der Waals surface area contributed by atoms with Gasteiger partial charge in [0.2, 0.25) is 5.91 Å². The smallest absolute Gasteiger partial charge is 0.306 e. The molecule has 0 spiro atoms. The number of carbonyl (C=O) groups excluding carboxylic acids is 2. The highest BCUT2D eigenvalue weighted by Crippen LogP contribution is 2.15. The summed E-state index contributed by atoms with van der Waals surface area (Å²) in [6.07, 6.45) is 67.1. The summed E-state index contributed by atoms with van der Waals surface area (Å²) in [5.74, 6) is -0.659. The summed E-state index contributed by atoms with van der Waals surface area (Å²) in [4.78, 5) is 26.0. The van der Waals surface area contributed by atoms with E-state index in [4.69, 9.17) is 4.74 Å². The van der Waals surface area contributed by atoms with Crippen molar-refractivity contribution in [2.75, 3.05) is 6.61 Å². The predicted molar refractivity (Wildman–Crippen MR) is 268 cm³/mol. The Morgan fingerprint density at radius 2 is 0.968 bits per heavy atom. The van der Waals surface area contributed by atoms with Crippen LogP contribution >= 0.6 is 0 Å². The molecule has 350 valence electrons. The van der Waals surface area contributed by atoms with E-state index < -0.39 is 18.2 Å². The van der Waals surface area contributed by atoms with Crippen LogP contribution in [0.15, 0.2) is 122 Å².